The number of nitrogens with zero attached hydrogens (tertiary/aromatic N) is 6. The van der Waals surface area contributed by atoms with E-state index >= 15 is 0 Å². The van der Waals surface area contributed by atoms with Gasteiger partial charge in [0.15, 0.2) is 5.82 Å². The average Bonchev–Trinajstić information content (AvgIpc) is 3.45. The normalized spacial score (nSPS) is 15.9. The van der Waals surface area contributed by atoms with Crippen LogP contribution < -0.4 is 10.2 Å². The van der Waals surface area contributed by atoms with Crippen LogP contribution in [0.3, 0.4) is 0 Å². The summed E-state index contributed by atoms with van der Waals surface area (Å²) in [5.74, 6) is 0.100. The van der Waals surface area contributed by atoms with Gasteiger partial charge in [-0.25, -0.2) is 18.7 Å². The Kier molecular flexibility index (Phi) is 4.95. The van der Waals surface area contributed by atoms with E-state index in [9.17, 15) is 8.78 Å². The van der Waals surface area contributed by atoms with Crippen LogP contribution >= 0.6 is 0 Å². The Morgan fingerprint density at radius 2 is 2.00 bits per heavy atom. The Hall–Kier alpha value is -3.95. The largest absolute Gasteiger partial charge is 0.334 e. The van der Waals surface area contributed by atoms with Gasteiger partial charge in [0.05, 0.1) is 17.4 Å². The first-order chi connectivity index (χ1) is 15.2. The molecule has 1 aromatic carbocycles. The highest BCUT2D eigenvalue weighted by atomic mass is 19.1. The zero-order chi connectivity index (χ0) is 21.2. The first-order valence-electron chi connectivity index (χ1n) is 9.82. The maximum absolute atomic E-state index is 14.4. The molecule has 1 fully saturated rings. The number of rotatable bonds is 5. The van der Waals surface area contributed by atoms with Crippen molar-refractivity contribution in [3.05, 3.63) is 72.2 Å². The minimum absolute atomic E-state index is 0.267. The molecule has 156 valence electrons. The van der Waals surface area contributed by atoms with Crippen LogP contribution in [-0.2, 0) is 0 Å². The number of H-pyrrole nitrogens is 1. The van der Waals surface area contributed by atoms with E-state index in [1.165, 1.54) is 18.5 Å². The molecule has 3 aromatic heterocycles. The predicted octanol–water partition coefficient (Wildman–Crippen LogP) is 4.02. The number of nitrogens with one attached hydrogen (secondary N) is 2. The molecular weight excluding hydrogens is 402 g/mol. The molecule has 0 aliphatic carbocycles. The third-order valence-corrected chi connectivity index (χ3v) is 5.15. The van der Waals surface area contributed by atoms with Gasteiger partial charge >= 0.3 is 0 Å². The number of aromatic nitrogens is 6. The van der Waals surface area contributed by atoms with Crippen LogP contribution in [0, 0.1) is 11.6 Å². The fourth-order valence-corrected chi connectivity index (χ4v) is 3.74. The maximum Gasteiger partial charge on any atom is 0.233 e. The summed E-state index contributed by atoms with van der Waals surface area (Å²) in [7, 11) is 0. The molecule has 31 heavy (non-hydrogen) atoms. The average molecular weight is 420 g/mol. The van der Waals surface area contributed by atoms with E-state index in [1.54, 1.807) is 12.3 Å². The van der Waals surface area contributed by atoms with Crippen molar-refractivity contribution in [2.45, 2.75) is 18.9 Å². The topological polar surface area (TPSA) is 95.5 Å². The van der Waals surface area contributed by atoms with Gasteiger partial charge in [0.25, 0.3) is 0 Å². The molecule has 10 heteroatoms. The summed E-state index contributed by atoms with van der Waals surface area (Å²) in [6, 6.07) is 10.8. The Morgan fingerprint density at radius 1 is 1.06 bits per heavy atom. The van der Waals surface area contributed by atoms with Gasteiger partial charge < -0.3 is 10.2 Å². The quantitative estimate of drug-likeness (QED) is 0.503. The molecule has 1 atom stereocenters. The number of anilines is 3. The number of pyridine rings is 1. The van der Waals surface area contributed by atoms with Gasteiger partial charge in [0.2, 0.25) is 11.9 Å². The van der Waals surface area contributed by atoms with Gasteiger partial charge in [0, 0.05) is 30.4 Å². The maximum atomic E-state index is 14.4. The fourth-order valence-electron chi connectivity index (χ4n) is 3.74. The summed E-state index contributed by atoms with van der Waals surface area (Å²) in [6.07, 6.45) is 4.68. The molecule has 1 saturated heterocycles. The van der Waals surface area contributed by atoms with Gasteiger partial charge in [-0.3, -0.25) is 10.1 Å². The molecule has 1 unspecified atom stereocenters. The summed E-state index contributed by atoms with van der Waals surface area (Å²) in [5, 5.41) is 10.2. The Balaban J connectivity index is 1.37. The highest BCUT2D eigenvalue weighted by molar-refractivity contribution is 5.61. The molecule has 5 rings (SSSR count). The van der Waals surface area contributed by atoms with Gasteiger partial charge in [-0.15, -0.1) is 0 Å². The molecule has 0 amide bonds. The van der Waals surface area contributed by atoms with E-state index in [1.807, 2.05) is 23.1 Å². The molecule has 0 radical (unpaired) electrons. The number of aromatic amines is 1. The van der Waals surface area contributed by atoms with E-state index in [-0.39, 0.29) is 6.04 Å². The van der Waals surface area contributed by atoms with Gasteiger partial charge in [-0.05, 0) is 31.0 Å². The number of hydrogen-bond acceptors (Lipinski definition) is 7. The molecule has 1 aliphatic heterocycles. The fraction of sp³-hybridized carbons (Fsp3) is 0.190. The Morgan fingerprint density at radius 3 is 2.84 bits per heavy atom. The van der Waals surface area contributed by atoms with Crippen LogP contribution in [0.2, 0.25) is 0 Å². The van der Waals surface area contributed by atoms with Crippen molar-refractivity contribution in [2.75, 3.05) is 16.8 Å². The van der Waals surface area contributed by atoms with Crippen LogP contribution in [-0.4, -0.2) is 36.7 Å². The van der Waals surface area contributed by atoms with Crippen molar-refractivity contribution >= 4 is 17.7 Å². The third-order valence-electron chi connectivity index (χ3n) is 5.15. The highest BCUT2D eigenvalue weighted by Crippen LogP contribution is 2.36. The lowest BCUT2D eigenvalue weighted by atomic mass is 10.0. The molecule has 4 heterocycles. The zero-order valence-corrected chi connectivity index (χ0v) is 16.3. The summed E-state index contributed by atoms with van der Waals surface area (Å²) >= 11 is 0. The van der Waals surface area contributed by atoms with E-state index in [2.05, 4.69) is 35.5 Å². The second-order valence-corrected chi connectivity index (χ2v) is 7.13. The van der Waals surface area contributed by atoms with Crippen LogP contribution in [0.5, 0.6) is 0 Å². The molecule has 4 aromatic rings. The van der Waals surface area contributed by atoms with Crippen molar-refractivity contribution in [1.29, 1.82) is 0 Å². The lowest BCUT2D eigenvalue weighted by Gasteiger charge is -2.25. The first kappa shape index (κ1) is 19.0. The minimum atomic E-state index is -0.596. The summed E-state index contributed by atoms with van der Waals surface area (Å²) in [6.45, 7) is 0.664. The third kappa shape index (κ3) is 3.91. The summed E-state index contributed by atoms with van der Waals surface area (Å²) in [5.41, 5.74) is 1.95. The molecule has 1 aliphatic rings. The lowest BCUT2D eigenvalue weighted by Crippen LogP contribution is -2.25. The van der Waals surface area contributed by atoms with Gasteiger partial charge in [0.1, 0.15) is 18.0 Å². The number of hydrogen-bond donors (Lipinski definition) is 2. The summed E-state index contributed by atoms with van der Waals surface area (Å²) < 4.78 is 27.7. The molecule has 0 saturated carbocycles. The molecule has 0 spiro atoms. The van der Waals surface area contributed by atoms with Crippen molar-refractivity contribution in [2.24, 2.45) is 0 Å². The van der Waals surface area contributed by atoms with Crippen LogP contribution in [0.4, 0.5) is 26.5 Å². The second kappa shape index (κ2) is 8.05. The van der Waals surface area contributed by atoms with Crippen LogP contribution in [0.1, 0.15) is 24.4 Å². The van der Waals surface area contributed by atoms with E-state index < -0.39 is 11.6 Å². The van der Waals surface area contributed by atoms with E-state index in [0.29, 0.717) is 29.8 Å². The SMILES string of the molecule is Fc1ccc(C2CCCN2c2ncnc(Nc3cc(-c4ccccn4)[nH]n3)n2)c(F)c1. The smallest absolute Gasteiger partial charge is 0.233 e. The lowest BCUT2D eigenvalue weighted by molar-refractivity contribution is 0.552. The van der Waals surface area contributed by atoms with Crippen LogP contribution in [0.25, 0.3) is 11.4 Å². The molecule has 8 nitrogen and oxygen atoms in total. The second-order valence-electron chi connectivity index (χ2n) is 7.13. The van der Waals surface area contributed by atoms with Crippen molar-refractivity contribution in [3.63, 3.8) is 0 Å². The van der Waals surface area contributed by atoms with Gasteiger partial charge in [-0.1, -0.05) is 12.1 Å². The Bertz CT molecular complexity index is 1200. The van der Waals surface area contributed by atoms with E-state index in [0.717, 1.165) is 30.3 Å². The summed E-state index contributed by atoms with van der Waals surface area (Å²) in [4.78, 5) is 19.1. The van der Waals surface area contributed by atoms with Crippen LogP contribution in [0.15, 0.2) is 55.0 Å². The van der Waals surface area contributed by atoms with E-state index in [4.69, 9.17) is 0 Å². The molecular formula is C21H18F2N8. The highest BCUT2D eigenvalue weighted by Gasteiger charge is 2.30. The monoisotopic (exact) mass is 420 g/mol. The standard InChI is InChI=1S/C21H18F2N8/c22-13-6-7-14(15(23)10-13)18-5-3-9-31(18)21-26-12-25-20(28-21)27-19-11-17(29-30-19)16-4-1-2-8-24-16/h1-2,4,6-8,10-12,18H,3,5,9H2,(H2,25,26,27,28,29,30). The van der Waals surface area contributed by atoms with Gasteiger partial charge in [-0.2, -0.15) is 10.1 Å². The number of benzene rings is 1. The molecule has 2 N–H and O–H groups in total. The Labute approximate surface area is 176 Å². The van der Waals surface area contributed by atoms with Crippen molar-refractivity contribution < 1.29 is 8.78 Å². The first-order valence-corrected chi connectivity index (χ1v) is 9.82. The number of halogens is 2. The zero-order valence-electron chi connectivity index (χ0n) is 16.3. The molecule has 0 bridgehead atoms. The minimum Gasteiger partial charge on any atom is -0.334 e. The van der Waals surface area contributed by atoms with Crippen molar-refractivity contribution in [1.82, 2.24) is 30.1 Å². The predicted molar refractivity (Wildman–Crippen MR) is 111 cm³/mol. The van der Waals surface area contributed by atoms with Crippen molar-refractivity contribution in [3.8, 4) is 11.4 Å².